The smallest absolute Gasteiger partial charge is 0.268 e. The molecule has 0 amide bonds. The third kappa shape index (κ3) is 0.908. The largest absolute Gasteiger partial charge is 0.454 e. The van der Waals surface area contributed by atoms with Crippen molar-refractivity contribution in [3.8, 4) is 0 Å². The van der Waals surface area contributed by atoms with Gasteiger partial charge in [-0.25, -0.2) is 0 Å². The van der Waals surface area contributed by atoms with Gasteiger partial charge in [0, 0.05) is 0 Å². The van der Waals surface area contributed by atoms with Gasteiger partial charge < -0.3 is 9.47 Å². The van der Waals surface area contributed by atoms with E-state index in [1.165, 1.54) is 5.57 Å². The van der Waals surface area contributed by atoms with Crippen LogP contribution in [0.25, 0.3) is 0 Å². The van der Waals surface area contributed by atoms with Crippen LogP contribution in [0.4, 0.5) is 0 Å². The SMILES string of the molecule is C1=CC23C=CC4=C(C=CCC4)OC2(C=C1)O3. The molecule has 0 radical (unpaired) electrons. The van der Waals surface area contributed by atoms with Gasteiger partial charge in [-0.15, -0.1) is 0 Å². The van der Waals surface area contributed by atoms with Crippen molar-refractivity contribution in [2.24, 2.45) is 0 Å². The number of epoxide rings is 1. The minimum absolute atomic E-state index is 0.354. The molecule has 0 saturated carbocycles. The lowest BCUT2D eigenvalue weighted by molar-refractivity contribution is 0.0459. The van der Waals surface area contributed by atoms with Crippen LogP contribution in [0.15, 0.2) is 59.9 Å². The molecule has 2 heteroatoms. The summed E-state index contributed by atoms with van der Waals surface area (Å²) in [6, 6.07) is 0. The van der Waals surface area contributed by atoms with Gasteiger partial charge in [0.1, 0.15) is 5.76 Å². The molecular weight excluding hydrogens is 200 g/mol. The van der Waals surface area contributed by atoms with Crippen molar-refractivity contribution in [1.82, 2.24) is 0 Å². The normalized spacial score (nSPS) is 42.0. The molecule has 16 heavy (non-hydrogen) atoms. The summed E-state index contributed by atoms with van der Waals surface area (Å²) in [7, 11) is 0. The second-order valence-corrected chi connectivity index (χ2v) is 4.55. The minimum atomic E-state index is -0.572. The molecule has 4 aliphatic rings. The van der Waals surface area contributed by atoms with Crippen molar-refractivity contribution in [3.63, 3.8) is 0 Å². The maximum Gasteiger partial charge on any atom is 0.268 e. The summed E-state index contributed by atoms with van der Waals surface area (Å²) in [4.78, 5) is 0. The summed E-state index contributed by atoms with van der Waals surface area (Å²) in [5, 5.41) is 0. The van der Waals surface area contributed by atoms with Crippen molar-refractivity contribution in [1.29, 1.82) is 0 Å². The predicted octanol–water partition coefficient (Wildman–Crippen LogP) is 2.77. The molecule has 0 bridgehead atoms. The number of rotatable bonds is 0. The van der Waals surface area contributed by atoms with Crippen LogP contribution in [0.1, 0.15) is 12.8 Å². The fourth-order valence-corrected chi connectivity index (χ4v) is 2.57. The summed E-state index contributed by atoms with van der Waals surface area (Å²) in [6.07, 6.45) is 18.7. The first-order chi connectivity index (χ1) is 7.84. The van der Waals surface area contributed by atoms with Gasteiger partial charge >= 0.3 is 0 Å². The molecule has 0 aromatic rings. The average Bonchev–Trinajstić information content (AvgIpc) is 2.98. The summed E-state index contributed by atoms with van der Waals surface area (Å²) in [5.41, 5.74) is 0.924. The zero-order valence-electron chi connectivity index (χ0n) is 8.85. The number of allylic oxidation sites excluding steroid dienone is 6. The summed E-state index contributed by atoms with van der Waals surface area (Å²) in [6.45, 7) is 0. The van der Waals surface area contributed by atoms with Crippen LogP contribution in [0, 0.1) is 0 Å². The van der Waals surface area contributed by atoms with E-state index in [4.69, 9.17) is 9.47 Å². The van der Waals surface area contributed by atoms with E-state index < -0.39 is 5.79 Å². The topological polar surface area (TPSA) is 21.8 Å². The Bertz CT molecular complexity index is 507. The van der Waals surface area contributed by atoms with Gasteiger partial charge in [-0.1, -0.05) is 24.3 Å². The minimum Gasteiger partial charge on any atom is -0.454 e. The van der Waals surface area contributed by atoms with Gasteiger partial charge in [0.25, 0.3) is 5.79 Å². The Morgan fingerprint density at radius 3 is 3.00 bits per heavy atom. The number of ether oxygens (including phenoxy) is 2. The number of hydrogen-bond donors (Lipinski definition) is 0. The predicted molar refractivity (Wildman–Crippen MR) is 60.5 cm³/mol. The van der Waals surface area contributed by atoms with Crippen molar-refractivity contribution >= 4 is 0 Å². The van der Waals surface area contributed by atoms with Crippen molar-refractivity contribution in [3.05, 3.63) is 59.9 Å². The van der Waals surface area contributed by atoms with Crippen LogP contribution in [0.2, 0.25) is 0 Å². The van der Waals surface area contributed by atoms with Crippen molar-refractivity contribution < 1.29 is 9.47 Å². The summed E-state index contributed by atoms with van der Waals surface area (Å²) < 4.78 is 11.8. The van der Waals surface area contributed by atoms with E-state index in [2.05, 4.69) is 30.4 Å². The van der Waals surface area contributed by atoms with Crippen LogP contribution in [0.5, 0.6) is 0 Å². The monoisotopic (exact) mass is 212 g/mol. The quantitative estimate of drug-likeness (QED) is 0.576. The second-order valence-electron chi connectivity index (χ2n) is 4.55. The molecule has 0 aromatic heterocycles. The van der Waals surface area contributed by atoms with Gasteiger partial charge in [0.05, 0.1) is 0 Å². The molecule has 2 unspecified atom stereocenters. The molecule has 80 valence electrons. The lowest BCUT2D eigenvalue weighted by atomic mass is 9.96. The third-order valence-corrected chi connectivity index (χ3v) is 3.55. The Hall–Kier alpha value is -1.54. The molecule has 0 N–H and O–H groups in total. The van der Waals surface area contributed by atoms with E-state index in [0.717, 1.165) is 18.6 Å². The molecule has 1 fully saturated rings. The summed E-state index contributed by atoms with van der Waals surface area (Å²) >= 11 is 0. The Kier molecular flexibility index (Phi) is 1.39. The Labute approximate surface area is 94.2 Å². The maximum atomic E-state index is 6.04. The fraction of sp³-hybridized carbons (Fsp3) is 0.286. The molecule has 2 aliphatic heterocycles. The molecule has 2 aliphatic carbocycles. The van der Waals surface area contributed by atoms with Gasteiger partial charge in [-0.3, -0.25) is 0 Å². The van der Waals surface area contributed by atoms with E-state index >= 15 is 0 Å². The van der Waals surface area contributed by atoms with E-state index in [1.807, 2.05) is 18.2 Å². The molecule has 0 spiro atoms. The van der Waals surface area contributed by atoms with Crippen LogP contribution < -0.4 is 0 Å². The van der Waals surface area contributed by atoms with E-state index in [-0.39, 0.29) is 5.60 Å². The first-order valence-electron chi connectivity index (χ1n) is 5.69. The lowest BCUT2D eigenvalue weighted by Crippen LogP contribution is -2.24. The van der Waals surface area contributed by atoms with Gasteiger partial charge in [-0.05, 0) is 42.7 Å². The van der Waals surface area contributed by atoms with Gasteiger partial charge in [-0.2, -0.15) is 0 Å². The first-order valence-corrected chi connectivity index (χ1v) is 5.69. The zero-order valence-corrected chi connectivity index (χ0v) is 8.85. The van der Waals surface area contributed by atoms with Gasteiger partial charge in [0.2, 0.25) is 0 Å². The van der Waals surface area contributed by atoms with Crippen LogP contribution in [0.3, 0.4) is 0 Å². The Morgan fingerprint density at radius 1 is 1.06 bits per heavy atom. The molecule has 2 atom stereocenters. The van der Waals surface area contributed by atoms with E-state index in [9.17, 15) is 0 Å². The van der Waals surface area contributed by atoms with E-state index in [1.54, 1.807) is 0 Å². The molecule has 4 rings (SSSR count). The van der Waals surface area contributed by atoms with Crippen LogP contribution >= 0.6 is 0 Å². The summed E-state index contributed by atoms with van der Waals surface area (Å²) in [5.74, 6) is 0.388. The standard InChI is InChI=1S/C14H12O2/c1-2-6-12-11(5-1)7-10-13-8-3-4-9-14(13,15-12)16-13/h2-4,6-10H,1,5H2. The molecule has 0 aromatic carbocycles. The van der Waals surface area contributed by atoms with Crippen molar-refractivity contribution in [2.75, 3.05) is 0 Å². The highest BCUT2D eigenvalue weighted by molar-refractivity contribution is 5.48. The molecular formula is C14H12O2. The second kappa shape index (κ2) is 2.58. The average molecular weight is 212 g/mol. The lowest BCUT2D eigenvalue weighted by Gasteiger charge is -2.18. The first kappa shape index (κ1) is 8.59. The molecule has 2 nitrogen and oxygen atoms in total. The molecule has 1 saturated heterocycles. The van der Waals surface area contributed by atoms with E-state index in [0.29, 0.717) is 0 Å². The highest BCUT2D eigenvalue weighted by atomic mass is 16.8. The Balaban J connectivity index is 1.83. The van der Waals surface area contributed by atoms with Gasteiger partial charge in [0.15, 0.2) is 5.60 Å². The fourth-order valence-electron chi connectivity index (χ4n) is 2.57. The highest BCUT2D eigenvalue weighted by Crippen LogP contribution is 2.57. The van der Waals surface area contributed by atoms with Crippen LogP contribution in [-0.2, 0) is 9.47 Å². The Morgan fingerprint density at radius 2 is 2.00 bits per heavy atom. The molecule has 2 heterocycles. The highest BCUT2D eigenvalue weighted by Gasteiger charge is 2.70. The maximum absolute atomic E-state index is 6.04. The van der Waals surface area contributed by atoms with Crippen molar-refractivity contribution in [2.45, 2.75) is 24.2 Å². The third-order valence-electron chi connectivity index (χ3n) is 3.55. The number of hydrogen-bond acceptors (Lipinski definition) is 2. The zero-order chi connectivity index (χ0) is 10.6. The van der Waals surface area contributed by atoms with Crippen LogP contribution in [-0.4, -0.2) is 11.4 Å².